The quantitative estimate of drug-likeness (QED) is 0.204. The van der Waals surface area contributed by atoms with Gasteiger partial charge in [0, 0.05) is 24.2 Å². The smallest absolute Gasteiger partial charge is 0.226 e. The highest BCUT2D eigenvalue weighted by atomic mass is 127. The van der Waals surface area contributed by atoms with Crippen molar-refractivity contribution in [2.24, 2.45) is 4.99 Å². The number of ether oxygens (including phenoxy) is 2. The third-order valence-electron chi connectivity index (χ3n) is 4.85. The molecular formula is C24H31IN4O4. The average molecular weight is 566 g/mol. The number of methoxy groups -OCH3 is 2. The van der Waals surface area contributed by atoms with Crippen LogP contribution in [0.25, 0.3) is 11.5 Å². The number of aromatic nitrogens is 1. The second kappa shape index (κ2) is 13.0. The summed E-state index contributed by atoms with van der Waals surface area (Å²) in [5, 5.41) is 17.0. The van der Waals surface area contributed by atoms with Crippen molar-refractivity contribution in [3.05, 3.63) is 65.5 Å². The molecule has 0 aliphatic heterocycles. The largest absolute Gasteiger partial charge is 0.497 e. The highest BCUT2D eigenvalue weighted by Gasteiger charge is 2.15. The van der Waals surface area contributed by atoms with E-state index in [2.05, 4.69) is 20.6 Å². The maximum atomic E-state index is 10.7. The van der Waals surface area contributed by atoms with Crippen LogP contribution in [0, 0.1) is 6.92 Å². The van der Waals surface area contributed by atoms with E-state index in [-0.39, 0.29) is 30.5 Å². The first-order chi connectivity index (χ1) is 15.5. The number of aliphatic imine (C=N–C) groups is 1. The van der Waals surface area contributed by atoms with E-state index in [4.69, 9.17) is 13.9 Å². The van der Waals surface area contributed by atoms with Gasteiger partial charge in [0.25, 0.3) is 0 Å². The summed E-state index contributed by atoms with van der Waals surface area (Å²) in [5.74, 6) is 2.37. The summed E-state index contributed by atoms with van der Waals surface area (Å²) in [4.78, 5) is 9.07. The van der Waals surface area contributed by atoms with Crippen molar-refractivity contribution in [1.82, 2.24) is 15.6 Å². The van der Waals surface area contributed by atoms with Gasteiger partial charge in [0.15, 0.2) is 5.96 Å². The molecule has 178 valence electrons. The van der Waals surface area contributed by atoms with Gasteiger partial charge in [-0.3, -0.25) is 0 Å². The number of benzene rings is 2. The molecule has 0 spiro atoms. The molecule has 0 aliphatic carbocycles. The van der Waals surface area contributed by atoms with E-state index in [0.717, 1.165) is 5.56 Å². The maximum Gasteiger partial charge on any atom is 0.226 e. The summed E-state index contributed by atoms with van der Waals surface area (Å²) in [7, 11) is 3.15. The van der Waals surface area contributed by atoms with Crippen LogP contribution in [0.5, 0.6) is 11.5 Å². The molecule has 0 fully saturated rings. The number of oxazole rings is 1. The number of guanidine groups is 1. The molecule has 0 bridgehead atoms. The van der Waals surface area contributed by atoms with Gasteiger partial charge in [0.1, 0.15) is 23.5 Å². The Morgan fingerprint density at radius 3 is 2.55 bits per heavy atom. The maximum absolute atomic E-state index is 10.7. The minimum atomic E-state index is -0.816. The molecule has 33 heavy (non-hydrogen) atoms. The summed E-state index contributed by atoms with van der Waals surface area (Å²) in [6, 6.07) is 13.3. The molecule has 0 saturated heterocycles. The molecule has 2 aromatic carbocycles. The molecule has 3 aromatic rings. The lowest BCUT2D eigenvalue weighted by Crippen LogP contribution is -2.39. The zero-order valence-corrected chi connectivity index (χ0v) is 21.6. The van der Waals surface area contributed by atoms with Gasteiger partial charge in [-0.1, -0.05) is 17.7 Å². The first kappa shape index (κ1) is 26.5. The fourth-order valence-electron chi connectivity index (χ4n) is 3.11. The summed E-state index contributed by atoms with van der Waals surface area (Å²) in [6.45, 7) is 5.27. The average Bonchev–Trinajstić information content (AvgIpc) is 3.29. The van der Waals surface area contributed by atoms with Crippen LogP contribution in [0.4, 0.5) is 0 Å². The van der Waals surface area contributed by atoms with Crippen molar-refractivity contribution in [3.8, 4) is 23.0 Å². The van der Waals surface area contributed by atoms with Gasteiger partial charge in [-0.05, 0) is 44.2 Å². The summed E-state index contributed by atoms with van der Waals surface area (Å²) in [5.41, 5.74) is 3.45. The Hall–Kier alpha value is -2.79. The van der Waals surface area contributed by atoms with Gasteiger partial charge in [-0.25, -0.2) is 9.98 Å². The molecule has 1 atom stereocenters. The predicted octanol–water partition coefficient (Wildman–Crippen LogP) is 4.07. The normalized spacial score (nSPS) is 12.0. The fraction of sp³-hybridized carbons (Fsp3) is 0.333. The molecule has 9 heteroatoms. The van der Waals surface area contributed by atoms with Crippen LogP contribution in [0.2, 0.25) is 0 Å². The summed E-state index contributed by atoms with van der Waals surface area (Å²) < 4.78 is 16.2. The zero-order chi connectivity index (χ0) is 22.9. The van der Waals surface area contributed by atoms with E-state index in [0.29, 0.717) is 47.7 Å². The van der Waals surface area contributed by atoms with Crippen LogP contribution in [0.15, 0.2) is 58.1 Å². The number of nitrogens with one attached hydrogen (secondary N) is 2. The van der Waals surface area contributed by atoms with E-state index in [9.17, 15) is 5.11 Å². The molecule has 3 N–H and O–H groups in total. The van der Waals surface area contributed by atoms with Crippen molar-refractivity contribution < 1.29 is 19.0 Å². The highest BCUT2D eigenvalue weighted by Crippen LogP contribution is 2.29. The Morgan fingerprint density at radius 2 is 1.88 bits per heavy atom. The minimum Gasteiger partial charge on any atom is -0.497 e. The van der Waals surface area contributed by atoms with Gasteiger partial charge >= 0.3 is 0 Å². The highest BCUT2D eigenvalue weighted by molar-refractivity contribution is 14.0. The van der Waals surface area contributed by atoms with Crippen LogP contribution >= 0.6 is 24.0 Å². The third kappa shape index (κ3) is 7.36. The Bertz CT molecular complexity index is 1040. The van der Waals surface area contributed by atoms with E-state index in [1.165, 1.54) is 5.56 Å². The van der Waals surface area contributed by atoms with E-state index in [1.807, 2.05) is 38.1 Å². The topological polar surface area (TPSA) is 101 Å². The first-order valence-corrected chi connectivity index (χ1v) is 10.5. The van der Waals surface area contributed by atoms with Crippen molar-refractivity contribution in [1.29, 1.82) is 0 Å². The molecule has 0 radical (unpaired) electrons. The minimum absolute atomic E-state index is 0. The van der Waals surface area contributed by atoms with Gasteiger partial charge in [-0.15, -0.1) is 24.0 Å². The van der Waals surface area contributed by atoms with Crippen LogP contribution < -0.4 is 20.1 Å². The molecule has 0 aliphatic rings. The van der Waals surface area contributed by atoms with Gasteiger partial charge < -0.3 is 29.6 Å². The lowest BCUT2D eigenvalue weighted by Gasteiger charge is -2.18. The second-order valence-corrected chi connectivity index (χ2v) is 7.21. The number of aliphatic hydroxyl groups excluding tert-OH is 1. The molecule has 1 aromatic heterocycles. The number of nitrogens with zero attached hydrogens (tertiary/aromatic N) is 2. The molecule has 3 rings (SSSR count). The van der Waals surface area contributed by atoms with Crippen molar-refractivity contribution in [2.45, 2.75) is 26.5 Å². The number of aryl methyl sites for hydroxylation is 1. The zero-order valence-electron chi connectivity index (χ0n) is 19.3. The van der Waals surface area contributed by atoms with E-state index < -0.39 is 6.10 Å². The molecular weight excluding hydrogens is 535 g/mol. The molecule has 1 unspecified atom stereocenters. The Kier molecular flexibility index (Phi) is 10.5. The molecule has 1 heterocycles. The first-order valence-electron chi connectivity index (χ1n) is 10.5. The lowest BCUT2D eigenvalue weighted by atomic mass is 10.1. The van der Waals surface area contributed by atoms with Crippen molar-refractivity contribution in [2.75, 3.05) is 27.3 Å². The third-order valence-corrected chi connectivity index (χ3v) is 4.85. The van der Waals surface area contributed by atoms with E-state index in [1.54, 1.807) is 38.7 Å². The monoisotopic (exact) mass is 566 g/mol. The Balaban J connectivity index is 0.00000385. The van der Waals surface area contributed by atoms with Crippen LogP contribution in [-0.4, -0.2) is 43.4 Å². The standard InChI is InChI=1S/C24H30N4O4.HI/c1-5-25-24(27-14-21(29)20-12-19(30-3)10-11-22(20)31-4)26-13-18-15-32-23(28-18)17-8-6-16(2)7-9-17;/h6-12,15,21,29H,5,13-14H2,1-4H3,(H2,25,26,27);1H. The Labute approximate surface area is 211 Å². The van der Waals surface area contributed by atoms with Crippen LogP contribution in [0.3, 0.4) is 0 Å². The SMILES string of the molecule is CCNC(=NCc1coc(-c2ccc(C)cc2)n1)NCC(O)c1cc(OC)ccc1OC.I. The fourth-order valence-corrected chi connectivity index (χ4v) is 3.11. The number of halogens is 1. The molecule has 0 saturated carbocycles. The predicted molar refractivity (Wildman–Crippen MR) is 139 cm³/mol. The number of hydrogen-bond donors (Lipinski definition) is 3. The summed E-state index contributed by atoms with van der Waals surface area (Å²) in [6.07, 6.45) is 0.794. The summed E-state index contributed by atoms with van der Waals surface area (Å²) >= 11 is 0. The van der Waals surface area contributed by atoms with Gasteiger partial charge in [-0.2, -0.15) is 0 Å². The van der Waals surface area contributed by atoms with Crippen molar-refractivity contribution >= 4 is 29.9 Å². The van der Waals surface area contributed by atoms with Crippen LogP contribution in [0.1, 0.15) is 29.8 Å². The number of hydrogen-bond acceptors (Lipinski definition) is 6. The van der Waals surface area contributed by atoms with Gasteiger partial charge in [0.2, 0.25) is 5.89 Å². The second-order valence-electron chi connectivity index (χ2n) is 7.21. The molecule has 0 amide bonds. The van der Waals surface area contributed by atoms with E-state index >= 15 is 0 Å². The van der Waals surface area contributed by atoms with Crippen molar-refractivity contribution in [3.63, 3.8) is 0 Å². The lowest BCUT2D eigenvalue weighted by molar-refractivity contribution is 0.176. The van der Waals surface area contributed by atoms with Gasteiger partial charge in [0.05, 0.1) is 26.9 Å². The number of aliphatic hydroxyl groups is 1. The molecule has 8 nitrogen and oxygen atoms in total. The number of rotatable bonds is 9. The Morgan fingerprint density at radius 1 is 1.12 bits per heavy atom. The van der Waals surface area contributed by atoms with Crippen LogP contribution in [-0.2, 0) is 6.54 Å².